The van der Waals surface area contributed by atoms with Crippen LogP contribution in [0, 0.1) is 11.3 Å². The molecule has 0 fully saturated rings. The van der Waals surface area contributed by atoms with E-state index in [1.807, 2.05) is 0 Å². The first-order valence-electron chi connectivity index (χ1n) is 4.05. The van der Waals surface area contributed by atoms with Gasteiger partial charge >= 0.3 is 0 Å². The molecule has 70 valence electrons. The summed E-state index contributed by atoms with van der Waals surface area (Å²) < 4.78 is 4.84. The molecule has 0 spiro atoms. The van der Waals surface area contributed by atoms with Crippen molar-refractivity contribution in [3.8, 4) is 0 Å². The van der Waals surface area contributed by atoms with Crippen molar-refractivity contribution in [2.45, 2.75) is 20.8 Å². The van der Waals surface area contributed by atoms with Crippen molar-refractivity contribution in [1.82, 2.24) is 5.32 Å². The van der Waals surface area contributed by atoms with Gasteiger partial charge in [-0.25, -0.2) is 0 Å². The summed E-state index contributed by atoms with van der Waals surface area (Å²) in [5.41, 5.74) is 0. The van der Waals surface area contributed by atoms with Crippen molar-refractivity contribution in [2.75, 3.05) is 13.2 Å². The van der Waals surface area contributed by atoms with E-state index in [1.54, 1.807) is 20.8 Å². The maximum Gasteiger partial charge on any atom is 0.222 e. The molecule has 0 aromatic rings. The molecule has 4 heteroatoms. The number of carbonyl (C=O) groups excluding carboxylic acids is 1. The fourth-order valence-electron chi connectivity index (χ4n) is 0.597. The molecular weight excluding hydrogens is 156 g/mol. The maximum absolute atomic E-state index is 11.0. The van der Waals surface area contributed by atoms with Crippen molar-refractivity contribution in [3.05, 3.63) is 0 Å². The first-order chi connectivity index (χ1) is 5.57. The van der Waals surface area contributed by atoms with E-state index < -0.39 is 0 Å². The molecule has 0 saturated carbocycles. The van der Waals surface area contributed by atoms with Crippen LogP contribution in [0.3, 0.4) is 0 Å². The minimum absolute atomic E-state index is 0.0422. The Hall–Kier alpha value is -1.06. The number of rotatable bonds is 4. The third kappa shape index (κ3) is 4.71. The number of hydrogen-bond donors (Lipinski definition) is 2. The Bertz CT molecular complexity index is 166. The Morgan fingerprint density at radius 1 is 1.58 bits per heavy atom. The summed E-state index contributed by atoms with van der Waals surface area (Å²) in [6.07, 6.45) is 0. The highest BCUT2D eigenvalue weighted by molar-refractivity contribution is 5.84. The zero-order chi connectivity index (χ0) is 9.56. The van der Waals surface area contributed by atoms with Crippen LogP contribution < -0.4 is 5.32 Å². The van der Waals surface area contributed by atoms with Crippen LogP contribution in [0.4, 0.5) is 0 Å². The molecule has 0 aliphatic heterocycles. The zero-order valence-corrected chi connectivity index (χ0v) is 7.81. The van der Waals surface area contributed by atoms with Crippen LogP contribution in [-0.4, -0.2) is 25.0 Å². The molecule has 0 heterocycles. The van der Waals surface area contributed by atoms with Crippen LogP contribution in [0.1, 0.15) is 20.8 Å². The summed E-state index contributed by atoms with van der Waals surface area (Å²) >= 11 is 0. The lowest BCUT2D eigenvalue weighted by Gasteiger charge is -2.08. The summed E-state index contributed by atoms with van der Waals surface area (Å²) in [5, 5.41) is 9.76. The normalized spacial score (nSPS) is 9.67. The van der Waals surface area contributed by atoms with E-state index in [9.17, 15) is 4.79 Å². The fourth-order valence-corrected chi connectivity index (χ4v) is 0.597. The summed E-state index contributed by atoms with van der Waals surface area (Å²) in [6.45, 7) is 6.07. The summed E-state index contributed by atoms with van der Waals surface area (Å²) in [6, 6.07) is 0. The highest BCUT2D eigenvalue weighted by Gasteiger charge is 2.06. The van der Waals surface area contributed by atoms with Gasteiger partial charge in [0.2, 0.25) is 5.91 Å². The molecule has 0 rings (SSSR count). The maximum atomic E-state index is 11.0. The Morgan fingerprint density at radius 3 is 2.58 bits per heavy atom. The van der Waals surface area contributed by atoms with Gasteiger partial charge in [-0.05, 0) is 6.92 Å². The number of carbonyl (C=O) groups is 1. The lowest BCUT2D eigenvalue weighted by Crippen LogP contribution is -2.33. The van der Waals surface area contributed by atoms with Crippen LogP contribution in [0.5, 0.6) is 0 Å². The molecular formula is C8H16N2O2. The molecule has 0 atom stereocenters. The molecule has 0 aromatic carbocycles. The molecule has 4 nitrogen and oxygen atoms in total. The molecule has 0 saturated heterocycles. The zero-order valence-electron chi connectivity index (χ0n) is 7.81. The molecule has 0 aliphatic carbocycles. The SMILES string of the molecule is CCOC(=N)CNC(=O)C(C)C. The molecule has 0 bridgehead atoms. The minimum Gasteiger partial charge on any atom is -0.480 e. The molecule has 12 heavy (non-hydrogen) atoms. The van der Waals surface area contributed by atoms with Gasteiger partial charge in [0.05, 0.1) is 13.2 Å². The van der Waals surface area contributed by atoms with Crippen LogP contribution in [0.25, 0.3) is 0 Å². The van der Waals surface area contributed by atoms with E-state index in [4.69, 9.17) is 10.1 Å². The van der Waals surface area contributed by atoms with Crippen LogP contribution >= 0.6 is 0 Å². The van der Waals surface area contributed by atoms with Gasteiger partial charge in [0, 0.05) is 5.92 Å². The average Bonchev–Trinajstić information content (AvgIpc) is 2.00. The Kier molecular flexibility index (Phi) is 5.08. The van der Waals surface area contributed by atoms with Gasteiger partial charge in [0.25, 0.3) is 0 Å². The first-order valence-corrected chi connectivity index (χ1v) is 4.05. The van der Waals surface area contributed by atoms with Gasteiger partial charge in [-0.3, -0.25) is 10.2 Å². The van der Waals surface area contributed by atoms with E-state index >= 15 is 0 Å². The third-order valence-electron chi connectivity index (χ3n) is 1.27. The second kappa shape index (κ2) is 5.57. The van der Waals surface area contributed by atoms with Gasteiger partial charge in [-0.1, -0.05) is 13.8 Å². The van der Waals surface area contributed by atoms with Crippen LogP contribution in [-0.2, 0) is 9.53 Å². The smallest absolute Gasteiger partial charge is 0.222 e. The molecule has 0 radical (unpaired) electrons. The predicted molar refractivity (Wildman–Crippen MR) is 47.2 cm³/mol. The second-order valence-corrected chi connectivity index (χ2v) is 2.73. The molecule has 0 aromatic heterocycles. The van der Waals surface area contributed by atoms with Crippen LogP contribution in [0.2, 0.25) is 0 Å². The number of ether oxygens (including phenoxy) is 1. The van der Waals surface area contributed by atoms with Crippen LogP contribution in [0.15, 0.2) is 0 Å². The van der Waals surface area contributed by atoms with Crippen molar-refractivity contribution in [3.63, 3.8) is 0 Å². The van der Waals surface area contributed by atoms with E-state index in [1.165, 1.54) is 0 Å². The summed E-state index contributed by atoms with van der Waals surface area (Å²) in [5.74, 6) is 0.00498. The van der Waals surface area contributed by atoms with Gasteiger partial charge in [0.1, 0.15) is 0 Å². The third-order valence-corrected chi connectivity index (χ3v) is 1.27. The van der Waals surface area contributed by atoms with Gasteiger partial charge in [-0.15, -0.1) is 0 Å². The lowest BCUT2D eigenvalue weighted by atomic mass is 10.2. The van der Waals surface area contributed by atoms with Crippen molar-refractivity contribution < 1.29 is 9.53 Å². The van der Waals surface area contributed by atoms with E-state index in [0.717, 1.165) is 0 Å². The largest absolute Gasteiger partial charge is 0.480 e. The predicted octanol–water partition coefficient (Wildman–Crippen LogP) is 0.772. The Balaban J connectivity index is 3.54. The average molecular weight is 172 g/mol. The lowest BCUT2D eigenvalue weighted by molar-refractivity contribution is -0.123. The molecule has 2 N–H and O–H groups in total. The monoisotopic (exact) mass is 172 g/mol. The molecule has 0 aliphatic rings. The molecule has 0 unspecified atom stereocenters. The highest BCUT2D eigenvalue weighted by Crippen LogP contribution is 1.89. The quantitative estimate of drug-likeness (QED) is 0.486. The van der Waals surface area contributed by atoms with Gasteiger partial charge < -0.3 is 10.1 Å². The fraction of sp³-hybridized carbons (Fsp3) is 0.750. The number of hydrogen-bond acceptors (Lipinski definition) is 3. The van der Waals surface area contributed by atoms with Gasteiger partial charge in [0.15, 0.2) is 5.90 Å². The van der Waals surface area contributed by atoms with E-state index in [-0.39, 0.29) is 24.3 Å². The standard InChI is InChI=1S/C8H16N2O2/c1-4-12-7(9)5-10-8(11)6(2)3/h6,9H,4-5H2,1-3H3,(H,10,11). The summed E-state index contributed by atoms with van der Waals surface area (Å²) in [7, 11) is 0. The first kappa shape index (κ1) is 10.9. The number of amides is 1. The highest BCUT2D eigenvalue weighted by atomic mass is 16.5. The van der Waals surface area contributed by atoms with Crippen molar-refractivity contribution >= 4 is 11.8 Å². The van der Waals surface area contributed by atoms with E-state index in [2.05, 4.69) is 5.32 Å². The van der Waals surface area contributed by atoms with E-state index in [0.29, 0.717) is 6.61 Å². The topological polar surface area (TPSA) is 62.2 Å². The Labute approximate surface area is 72.8 Å². The minimum atomic E-state index is -0.0561. The van der Waals surface area contributed by atoms with Crippen molar-refractivity contribution in [2.24, 2.45) is 5.92 Å². The number of nitrogens with one attached hydrogen (secondary N) is 2. The van der Waals surface area contributed by atoms with Gasteiger partial charge in [-0.2, -0.15) is 0 Å². The van der Waals surface area contributed by atoms with Crippen molar-refractivity contribution in [1.29, 1.82) is 5.41 Å². The Morgan fingerprint density at radius 2 is 2.17 bits per heavy atom. The summed E-state index contributed by atoms with van der Waals surface area (Å²) in [4.78, 5) is 11.0. The molecule has 1 amide bonds. The second-order valence-electron chi connectivity index (χ2n) is 2.73.